The molecule has 156 valence electrons. The van der Waals surface area contributed by atoms with Crippen LogP contribution in [-0.2, 0) is 11.2 Å². The standard InChI is InChI=1S/C26H29ClN2O/c1-2-19-6-8-20(9-7-19)18-21-10-15-24(25(21)29-16-4-3-5-17-29)26(30)28-23-13-11-22(27)12-14-23/h6-9,11-14,18H,2-5,10,15-17H2,1H3,(H,28,30). The van der Waals surface area contributed by atoms with Crippen LogP contribution in [0.3, 0.4) is 0 Å². The summed E-state index contributed by atoms with van der Waals surface area (Å²) in [7, 11) is 0. The van der Waals surface area contributed by atoms with Gasteiger partial charge in [-0.2, -0.15) is 0 Å². The number of hydrogen-bond donors (Lipinski definition) is 1. The molecule has 0 spiro atoms. The van der Waals surface area contributed by atoms with Crippen molar-refractivity contribution in [2.45, 2.75) is 45.4 Å². The van der Waals surface area contributed by atoms with E-state index in [1.165, 1.54) is 36.0 Å². The van der Waals surface area contributed by atoms with Crippen LogP contribution in [0, 0.1) is 0 Å². The lowest BCUT2D eigenvalue weighted by Gasteiger charge is -2.31. The van der Waals surface area contributed by atoms with Crippen LogP contribution < -0.4 is 5.32 Å². The molecule has 2 aromatic carbocycles. The number of allylic oxidation sites excluding steroid dienone is 1. The largest absolute Gasteiger partial charge is 0.371 e. The molecule has 1 N–H and O–H groups in total. The third kappa shape index (κ3) is 4.79. The highest BCUT2D eigenvalue weighted by molar-refractivity contribution is 6.30. The Bertz CT molecular complexity index is 952. The normalized spacial score (nSPS) is 18.2. The lowest BCUT2D eigenvalue weighted by Crippen LogP contribution is -2.31. The van der Waals surface area contributed by atoms with Crippen LogP contribution in [0.15, 0.2) is 65.4 Å². The Morgan fingerprint density at radius 3 is 2.37 bits per heavy atom. The smallest absolute Gasteiger partial charge is 0.253 e. The van der Waals surface area contributed by atoms with E-state index in [2.05, 4.69) is 47.5 Å². The van der Waals surface area contributed by atoms with Gasteiger partial charge in [0.1, 0.15) is 0 Å². The van der Waals surface area contributed by atoms with Gasteiger partial charge >= 0.3 is 0 Å². The van der Waals surface area contributed by atoms with Gasteiger partial charge in [0.25, 0.3) is 5.91 Å². The number of nitrogens with one attached hydrogen (secondary N) is 1. The van der Waals surface area contributed by atoms with Crippen molar-refractivity contribution in [1.29, 1.82) is 0 Å². The maximum absolute atomic E-state index is 13.2. The number of carbonyl (C=O) groups excluding carboxylic acids is 1. The minimum Gasteiger partial charge on any atom is -0.371 e. The maximum atomic E-state index is 13.2. The van der Waals surface area contributed by atoms with Gasteiger partial charge in [-0.25, -0.2) is 0 Å². The number of halogens is 1. The van der Waals surface area contributed by atoms with Gasteiger partial charge in [-0.3, -0.25) is 4.79 Å². The number of carbonyl (C=O) groups is 1. The van der Waals surface area contributed by atoms with Crippen LogP contribution in [0.25, 0.3) is 6.08 Å². The van der Waals surface area contributed by atoms with Gasteiger partial charge in [0.15, 0.2) is 0 Å². The number of rotatable bonds is 5. The summed E-state index contributed by atoms with van der Waals surface area (Å²) in [5, 5.41) is 3.74. The molecule has 3 nitrogen and oxygen atoms in total. The summed E-state index contributed by atoms with van der Waals surface area (Å²) in [6.07, 6.45) is 8.65. The van der Waals surface area contributed by atoms with E-state index in [0.29, 0.717) is 5.02 Å². The second-order valence-corrected chi connectivity index (χ2v) is 8.54. The first-order valence-corrected chi connectivity index (χ1v) is 11.4. The summed E-state index contributed by atoms with van der Waals surface area (Å²) >= 11 is 5.98. The Hall–Kier alpha value is -2.52. The molecule has 0 aromatic heterocycles. The van der Waals surface area contributed by atoms with E-state index in [0.717, 1.165) is 49.3 Å². The average Bonchev–Trinajstić information content (AvgIpc) is 3.20. The molecule has 30 heavy (non-hydrogen) atoms. The molecule has 1 fully saturated rings. The first-order chi connectivity index (χ1) is 14.6. The summed E-state index contributed by atoms with van der Waals surface area (Å²) in [5.74, 6) is 0.00243. The molecule has 0 unspecified atom stereocenters. The van der Waals surface area contributed by atoms with Gasteiger partial charge in [0.2, 0.25) is 0 Å². The fourth-order valence-corrected chi connectivity index (χ4v) is 4.48. The molecule has 4 heteroatoms. The predicted molar refractivity (Wildman–Crippen MR) is 126 cm³/mol. The summed E-state index contributed by atoms with van der Waals surface area (Å²) in [4.78, 5) is 15.6. The van der Waals surface area contributed by atoms with Crippen LogP contribution in [0.2, 0.25) is 5.02 Å². The zero-order valence-electron chi connectivity index (χ0n) is 17.6. The van der Waals surface area contributed by atoms with Crippen molar-refractivity contribution in [3.63, 3.8) is 0 Å². The highest BCUT2D eigenvalue weighted by Crippen LogP contribution is 2.37. The van der Waals surface area contributed by atoms with Crippen molar-refractivity contribution in [3.05, 3.63) is 81.5 Å². The molecule has 1 saturated heterocycles. The average molecular weight is 421 g/mol. The lowest BCUT2D eigenvalue weighted by molar-refractivity contribution is -0.113. The van der Waals surface area contributed by atoms with E-state index >= 15 is 0 Å². The molecule has 0 bridgehead atoms. The van der Waals surface area contributed by atoms with E-state index in [9.17, 15) is 4.79 Å². The van der Waals surface area contributed by atoms with Gasteiger partial charge < -0.3 is 10.2 Å². The Kier molecular flexibility index (Phi) is 6.59. The van der Waals surface area contributed by atoms with Gasteiger partial charge in [-0.1, -0.05) is 42.8 Å². The molecular formula is C26H29ClN2O. The fraction of sp³-hybridized carbons (Fsp3) is 0.346. The quantitative estimate of drug-likeness (QED) is 0.602. The van der Waals surface area contributed by atoms with Gasteiger partial charge in [-0.15, -0.1) is 0 Å². The first-order valence-electron chi connectivity index (χ1n) is 11.0. The maximum Gasteiger partial charge on any atom is 0.253 e. The minimum atomic E-state index is 0.00243. The van der Waals surface area contributed by atoms with E-state index in [-0.39, 0.29) is 5.91 Å². The molecule has 2 aliphatic rings. The van der Waals surface area contributed by atoms with E-state index in [1.807, 2.05) is 12.1 Å². The number of likely N-dealkylation sites (tertiary alicyclic amines) is 1. The second kappa shape index (κ2) is 9.53. The van der Waals surface area contributed by atoms with Crippen LogP contribution in [-0.4, -0.2) is 23.9 Å². The summed E-state index contributed by atoms with van der Waals surface area (Å²) in [6.45, 7) is 4.23. The summed E-state index contributed by atoms with van der Waals surface area (Å²) in [6, 6.07) is 16.1. The highest BCUT2D eigenvalue weighted by Gasteiger charge is 2.29. The van der Waals surface area contributed by atoms with E-state index in [1.54, 1.807) is 12.1 Å². The first kappa shape index (κ1) is 20.7. The number of amides is 1. The Morgan fingerprint density at radius 2 is 1.70 bits per heavy atom. The molecule has 1 aliphatic carbocycles. The molecule has 1 amide bonds. The molecule has 0 radical (unpaired) electrons. The van der Waals surface area contributed by atoms with Gasteiger partial charge in [0.05, 0.1) is 0 Å². The van der Waals surface area contributed by atoms with Crippen LogP contribution in [0.4, 0.5) is 5.69 Å². The number of nitrogens with zero attached hydrogens (tertiary/aromatic N) is 1. The molecule has 1 heterocycles. The van der Waals surface area contributed by atoms with Crippen LogP contribution in [0.1, 0.15) is 50.2 Å². The zero-order chi connectivity index (χ0) is 20.9. The van der Waals surface area contributed by atoms with E-state index < -0.39 is 0 Å². The molecule has 4 rings (SSSR count). The van der Waals surface area contributed by atoms with Crippen molar-refractivity contribution >= 4 is 29.3 Å². The minimum absolute atomic E-state index is 0.00243. The molecule has 0 saturated carbocycles. The molecule has 0 atom stereocenters. The second-order valence-electron chi connectivity index (χ2n) is 8.10. The topological polar surface area (TPSA) is 32.3 Å². The van der Waals surface area contributed by atoms with Gasteiger partial charge in [0, 0.05) is 35.1 Å². The van der Waals surface area contributed by atoms with E-state index in [4.69, 9.17) is 11.6 Å². The lowest BCUT2D eigenvalue weighted by atomic mass is 10.0. The SMILES string of the molecule is CCc1ccc(C=C2CCC(C(=O)Nc3ccc(Cl)cc3)=C2N2CCCCC2)cc1. The van der Waals surface area contributed by atoms with Crippen LogP contribution in [0.5, 0.6) is 0 Å². The predicted octanol–water partition coefficient (Wildman–Crippen LogP) is 6.46. The summed E-state index contributed by atoms with van der Waals surface area (Å²) in [5.41, 5.74) is 6.67. The molecule has 2 aromatic rings. The third-order valence-corrected chi connectivity index (χ3v) is 6.26. The fourth-order valence-electron chi connectivity index (χ4n) is 4.35. The Balaban J connectivity index is 1.64. The number of piperidine rings is 1. The zero-order valence-corrected chi connectivity index (χ0v) is 18.3. The van der Waals surface area contributed by atoms with Crippen molar-refractivity contribution in [1.82, 2.24) is 4.90 Å². The number of anilines is 1. The van der Waals surface area contributed by atoms with Gasteiger partial charge in [-0.05, 0) is 85.6 Å². The van der Waals surface area contributed by atoms with Crippen LogP contribution >= 0.6 is 11.6 Å². The number of hydrogen-bond acceptors (Lipinski definition) is 2. The monoisotopic (exact) mass is 420 g/mol. The van der Waals surface area contributed by atoms with Crippen molar-refractivity contribution in [2.24, 2.45) is 0 Å². The molecular weight excluding hydrogens is 392 g/mol. The summed E-state index contributed by atoms with van der Waals surface area (Å²) < 4.78 is 0. The van der Waals surface area contributed by atoms with Crippen molar-refractivity contribution in [3.8, 4) is 0 Å². The Morgan fingerprint density at radius 1 is 1.00 bits per heavy atom. The number of benzene rings is 2. The third-order valence-electron chi connectivity index (χ3n) is 6.01. The van der Waals surface area contributed by atoms with Crippen molar-refractivity contribution < 1.29 is 4.79 Å². The highest BCUT2D eigenvalue weighted by atomic mass is 35.5. The molecule has 1 aliphatic heterocycles. The van der Waals surface area contributed by atoms with Crippen molar-refractivity contribution in [2.75, 3.05) is 18.4 Å². The number of aryl methyl sites for hydroxylation is 1. The Labute approximate surface area is 184 Å².